The molecule has 1 aromatic carbocycles. The topological polar surface area (TPSA) is 9.23 Å². The van der Waals surface area contributed by atoms with Gasteiger partial charge in [-0.25, -0.2) is 0 Å². The third-order valence-corrected chi connectivity index (χ3v) is 9.43. The number of fused-ring (bicyclic) bond motifs is 1. The zero-order chi connectivity index (χ0) is 23.2. The van der Waals surface area contributed by atoms with Crippen molar-refractivity contribution in [2.75, 3.05) is 0 Å². The Balaban J connectivity index is 1.74. The maximum absolute atomic E-state index is 6.71. The summed E-state index contributed by atoms with van der Waals surface area (Å²) >= 11 is 2.51. The van der Waals surface area contributed by atoms with E-state index in [9.17, 15) is 0 Å². The van der Waals surface area contributed by atoms with Crippen molar-refractivity contribution in [2.45, 2.75) is 132 Å². The Kier molecular flexibility index (Phi) is 10.7. The third-order valence-electron chi connectivity index (χ3n) is 7.82. The summed E-state index contributed by atoms with van der Waals surface area (Å²) in [6.07, 6.45) is 14.6. The highest BCUT2D eigenvalue weighted by molar-refractivity contribution is 14.1. The molecule has 0 fully saturated rings. The zero-order valence-corrected chi connectivity index (χ0v) is 24.0. The Morgan fingerprint density at radius 1 is 0.806 bits per heavy atom. The van der Waals surface area contributed by atoms with E-state index in [2.05, 4.69) is 78.0 Å². The molecule has 0 radical (unpaired) electrons. The summed E-state index contributed by atoms with van der Waals surface area (Å²) in [5.41, 5.74) is 5.65. The minimum Gasteiger partial charge on any atom is -0.487 e. The van der Waals surface area contributed by atoms with Crippen LogP contribution in [0.15, 0.2) is 0 Å². The summed E-state index contributed by atoms with van der Waals surface area (Å²) in [5, 5.41) is 0. The molecule has 0 saturated carbocycles. The summed E-state index contributed by atoms with van der Waals surface area (Å²) in [6, 6.07) is 0. The molecule has 3 atom stereocenters. The van der Waals surface area contributed by atoms with Gasteiger partial charge in [0.15, 0.2) is 0 Å². The minimum atomic E-state index is 0.00801. The van der Waals surface area contributed by atoms with Crippen molar-refractivity contribution in [3.05, 3.63) is 25.8 Å². The molecule has 1 aliphatic rings. The van der Waals surface area contributed by atoms with Crippen molar-refractivity contribution in [3.63, 3.8) is 0 Å². The van der Waals surface area contributed by atoms with Crippen LogP contribution in [-0.2, 0) is 6.42 Å². The van der Waals surface area contributed by atoms with Gasteiger partial charge in [0, 0.05) is 3.57 Å². The van der Waals surface area contributed by atoms with Gasteiger partial charge in [-0.05, 0) is 116 Å². The van der Waals surface area contributed by atoms with Gasteiger partial charge in [-0.15, -0.1) is 0 Å². The van der Waals surface area contributed by atoms with Gasteiger partial charge >= 0.3 is 0 Å². The van der Waals surface area contributed by atoms with Crippen LogP contribution in [-0.4, -0.2) is 5.60 Å². The lowest BCUT2D eigenvalue weighted by Gasteiger charge is -2.38. The van der Waals surface area contributed by atoms with Crippen LogP contribution in [0.1, 0.15) is 121 Å². The first-order valence-electron chi connectivity index (χ1n) is 13.0. The Bertz CT molecular complexity index is 707. The predicted molar refractivity (Wildman–Crippen MR) is 145 cm³/mol. The second-order valence-corrected chi connectivity index (χ2v) is 12.5. The van der Waals surface area contributed by atoms with Gasteiger partial charge in [-0.3, -0.25) is 0 Å². The quantitative estimate of drug-likeness (QED) is 0.240. The zero-order valence-electron chi connectivity index (χ0n) is 21.8. The molecular formula is C29H49IO. The third kappa shape index (κ3) is 7.93. The second-order valence-electron chi connectivity index (χ2n) is 11.4. The van der Waals surface area contributed by atoms with Crippen molar-refractivity contribution >= 4 is 22.6 Å². The van der Waals surface area contributed by atoms with Crippen molar-refractivity contribution in [3.8, 4) is 5.75 Å². The monoisotopic (exact) mass is 540 g/mol. The molecule has 0 spiro atoms. The van der Waals surface area contributed by atoms with Crippen LogP contribution in [0.4, 0.5) is 0 Å². The average molecular weight is 541 g/mol. The molecular weight excluding hydrogens is 491 g/mol. The van der Waals surface area contributed by atoms with Crippen molar-refractivity contribution in [1.29, 1.82) is 0 Å². The van der Waals surface area contributed by atoms with Gasteiger partial charge in [0.1, 0.15) is 11.4 Å². The highest BCUT2D eigenvalue weighted by Gasteiger charge is 2.33. The Morgan fingerprint density at radius 3 is 1.94 bits per heavy atom. The summed E-state index contributed by atoms with van der Waals surface area (Å²) in [4.78, 5) is 0. The lowest BCUT2D eigenvalue weighted by molar-refractivity contribution is 0.0513. The molecule has 1 aliphatic heterocycles. The molecule has 1 aromatic rings. The molecule has 2 heteroatoms. The van der Waals surface area contributed by atoms with Crippen LogP contribution < -0.4 is 4.74 Å². The van der Waals surface area contributed by atoms with E-state index >= 15 is 0 Å². The molecule has 0 unspecified atom stereocenters. The molecule has 0 aromatic heterocycles. The van der Waals surface area contributed by atoms with E-state index < -0.39 is 0 Å². The van der Waals surface area contributed by atoms with Gasteiger partial charge in [0.2, 0.25) is 0 Å². The number of rotatable bonds is 12. The summed E-state index contributed by atoms with van der Waals surface area (Å²) in [7, 11) is 0. The smallest absolute Gasteiger partial charge is 0.126 e. The van der Waals surface area contributed by atoms with Crippen LogP contribution in [0.25, 0.3) is 0 Å². The molecule has 0 amide bonds. The van der Waals surface area contributed by atoms with Crippen LogP contribution in [0, 0.1) is 42.1 Å². The highest BCUT2D eigenvalue weighted by Crippen LogP contribution is 2.42. The average Bonchev–Trinajstić information content (AvgIpc) is 2.70. The van der Waals surface area contributed by atoms with Gasteiger partial charge in [-0.2, -0.15) is 0 Å². The number of hydrogen-bond acceptors (Lipinski definition) is 1. The van der Waals surface area contributed by atoms with E-state index in [1.54, 1.807) is 0 Å². The predicted octanol–water partition coefficient (Wildman–Crippen LogP) is 9.74. The lowest BCUT2D eigenvalue weighted by atomic mass is 9.84. The first-order chi connectivity index (χ1) is 14.5. The van der Waals surface area contributed by atoms with Crippen LogP contribution >= 0.6 is 22.6 Å². The van der Waals surface area contributed by atoms with Crippen LogP contribution in [0.2, 0.25) is 0 Å². The van der Waals surface area contributed by atoms with E-state index in [-0.39, 0.29) is 5.60 Å². The lowest BCUT2D eigenvalue weighted by Crippen LogP contribution is -2.37. The number of halogens is 1. The number of benzene rings is 1. The Morgan fingerprint density at radius 2 is 1.35 bits per heavy atom. The van der Waals surface area contributed by atoms with Gasteiger partial charge in [0.25, 0.3) is 0 Å². The fourth-order valence-corrected chi connectivity index (χ4v) is 5.98. The van der Waals surface area contributed by atoms with E-state index in [0.29, 0.717) is 0 Å². The van der Waals surface area contributed by atoms with E-state index in [0.717, 1.165) is 24.2 Å². The van der Waals surface area contributed by atoms with Crippen molar-refractivity contribution in [2.24, 2.45) is 17.8 Å². The molecule has 0 saturated heterocycles. The molecule has 2 rings (SSSR count). The summed E-state index contributed by atoms with van der Waals surface area (Å²) < 4.78 is 8.13. The SMILES string of the molecule is Cc1c(C)c2c(c(C)c1I)CC[C@@](C)(CCC[C@H](C)CCC[C@H](C)CCCC(C)C)O2. The van der Waals surface area contributed by atoms with Crippen LogP contribution in [0.5, 0.6) is 5.75 Å². The molecule has 31 heavy (non-hydrogen) atoms. The van der Waals surface area contributed by atoms with Crippen molar-refractivity contribution in [1.82, 2.24) is 0 Å². The maximum atomic E-state index is 6.71. The van der Waals surface area contributed by atoms with Gasteiger partial charge in [0.05, 0.1) is 0 Å². The molecule has 1 heterocycles. The molecule has 178 valence electrons. The Labute approximate surface area is 207 Å². The maximum Gasteiger partial charge on any atom is 0.126 e. The second kappa shape index (κ2) is 12.3. The van der Waals surface area contributed by atoms with E-state index in [4.69, 9.17) is 4.74 Å². The normalized spacial score (nSPS) is 20.5. The summed E-state index contributed by atoms with van der Waals surface area (Å²) in [5.74, 6) is 3.80. The van der Waals surface area contributed by atoms with Crippen molar-refractivity contribution < 1.29 is 4.74 Å². The largest absolute Gasteiger partial charge is 0.487 e. The van der Waals surface area contributed by atoms with Crippen LogP contribution in [0.3, 0.4) is 0 Å². The number of hydrogen-bond donors (Lipinski definition) is 0. The van der Waals surface area contributed by atoms with E-state index in [1.165, 1.54) is 95.8 Å². The molecule has 1 nitrogen and oxygen atoms in total. The van der Waals surface area contributed by atoms with Gasteiger partial charge < -0.3 is 4.74 Å². The molecule has 0 bridgehead atoms. The standard InChI is InChI=1S/C29H49IO/c1-20(2)12-9-13-21(3)14-10-15-22(4)16-11-18-29(8)19-17-26-25(7)27(30)23(5)24(6)28(26)31-29/h20-22H,9-19H2,1-8H3/t21-,22-,29-/m1/s1. The molecule has 0 N–H and O–H groups in total. The first-order valence-corrected chi connectivity index (χ1v) is 14.1. The van der Waals surface area contributed by atoms with Gasteiger partial charge in [-0.1, -0.05) is 72.6 Å². The Hall–Kier alpha value is -0.250. The fourth-order valence-electron chi connectivity index (χ4n) is 5.25. The minimum absolute atomic E-state index is 0.00801. The first kappa shape index (κ1) is 27.0. The highest BCUT2D eigenvalue weighted by atomic mass is 127. The number of ether oxygens (including phenoxy) is 1. The fraction of sp³-hybridized carbons (Fsp3) is 0.793. The van der Waals surface area contributed by atoms with E-state index in [1.807, 2.05) is 0 Å². The summed E-state index contributed by atoms with van der Waals surface area (Å²) in [6.45, 7) is 18.7. The molecule has 0 aliphatic carbocycles.